The van der Waals surface area contributed by atoms with Crippen molar-refractivity contribution in [3.8, 4) is 16.9 Å². The molecule has 3 aromatic rings. The fourth-order valence-corrected chi connectivity index (χ4v) is 5.66. The molecule has 3 heterocycles. The molecule has 3 amide bonds. The molecule has 10 nitrogen and oxygen atoms in total. The Morgan fingerprint density at radius 3 is 2.48 bits per heavy atom. The van der Waals surface area contributed by atoms with Crippen LogP contribution in [0.5, 0.6) is 5.75 Å². The lowest BCUT2D eigenvalue weighted by Crippen LogP contribution is -2.51. The third-order valence-corrected chi connectivity index (χ3v) is 7.94. The van der Waals surface area contributed by atoms with Crippen LogP contribution in [0.15, 0.2) is 52.2 Å². The predicted octanol–water partition coefficient (Wildman–Crippen LogP) is 3.63. The number of piperidine rings is 1. The van der Waals surface area contributed by atoms with Crippen molar-refractivity contribution in [2.24, 2.45) is 0 Å². The van der Waals surface area contributed by atoms with Gasteiger partial charge in [0.2, 0.25) is 5.91 Å². The Hall–Kier alpha value is -4.48. The van der Waals surface area contributed by atoms with Crippen molar-refractivity contribution in [1.29, 1.82) is 0 Å². The average molecular weight is 582 g/mol. The molecule has 2 aliphatic rings. The monoisotopic (exact) mass is 581 g/mol. The summed E-state index contributed by atoms with van der Waals surface area (Å²) in [5, 5.41) is 2.97. The number of likely N-dealkylation sites (tertiary alicyclic amines) is 1. The van der Waals surface area contributed by atoms with Crippen molar-refractivity contribution in [2.75, 3.05) is 32.1 Å². The summed E-state index contributed by atoms with van der Waals surface area (Å²) < 4.78 is 35.9. The largest absolute Gasteiger partial charge is 0.497 e. The summed E-state index contributed by atoms with van der Waals surface area (Å²) in [6.45, 7) is 4.15. The highest BCUT2D eigenvalue weighted by atomic mass is 19.2. The number of amides is 3. The number of nitrogens with zero attached hydrogens (tertiary/aromatic N) is 4. The second-order valence-corrected chi connectivity index (χ2v) is 10.8. The molecule has 42 heavy (non-hydrogen) atoms. The van der Waals surface area contributed by atoms with Gasteiger partial charge in [-0.05, 0) is 62.9 Å². The number of nitrogens with one attached hydrogen (secondary N) is 1. The van der Waals surface area contributed by atoms with Gasteiger partial charge in [-0.2, -0.15) is 0 Å². The van der Waals surface area contributed by atoms with Crippen LogP contribution in [-0.4, -0.2) is 63.7 Å². The van der Waals surface area contributed by atoms with Gasteiger partial charge in [0.25, 0.3) is 5.56 Å². The van der Waals surface area contributed by atoms with Crippen molar-refractivity contribution in [1.82, 2.24) is 18.9 Å². The van der Waals surface area contributed by atoms with Gasteiger partial charge in [-0.15, -0.1) is 0 Å². The molecule has 0 aliphatic carbocycles. The number of benzene rings is 2. The lowest BCUT2D eigenvalue weighted by Gasteiger charge is -2.38. The van der Waals surface area contributed by atoms with E-state index in [4.69, 9.17) is 4.74 Å². The summed E-state index contributed by atoms with van der Waals surface area (Å²) in [5.41, 5.74) is -0.230. The van der Waals surface area contributed by atoms with E-state index in [0.717, 1.165) is 38.4 Å². The molecular weight excluding hydrogens is 548 g/mol. The number of fused-ring (bicyclic) bond motifs is 1. The van der Waals surface area contributed by atoms with Crippen LogP contribution in [0.3, 0.4) is 0 Å². The number of urea groups is 1. The van der Waals surface area contributed by atoms with Gasteiger partial charge in [0.05, 0.1) is 12.7 Å². The first-order valence-electron chi connectivity index (χ1n) is 13.9. The second-order valence-electron chi connectivity index (χ2n) is 10.8. The number of hydrogen-bond acceptors (Lipinski definition) is 5. The minimum Gasteiger partial charge on any atom is -0.497 e. The SMILES string of the molecule is COc1ccc2c(c1)CCN(C1CCN(C(=O)Cn3cc(-c4cccc(F)c4F)c(=O)n(C(C)C)c3=O)CC1)C(=O)N2. The Morgan fingerprint density at radius 2 is 1.79 bits per heavy atom. The van der Waals surface area contributed by atoms with Crippen LogP contribution in [-0.2, 0) is 17.8 Å². The van der Waals surface area contributed by atoms with Crippen LogP contribution in [0.4, 0.5) is 19.3 Å². The standard InChI is InChI=1S/C30H33F2N5O5/c1-18(2)37-28(39)23(22-5-4-6-24(31)27(22)32)16-35(30(37)41)17-26(38)34-12-10-20(11-13-34)36-14-9-19-15-21(42-3)7-8-25(19)33-29(36)40/h4-8,15-16,18,20H,9-14,17H2,1-3H3,(H,33,40). The number of ether oxygens (including phenoxy) is 1. The van der Waals surface area contributed by atoms with E-state index in [0.29, 0.717) is 38.9 Å². The molecule has 222 valence electrons. The number of anilines is 1. The summed E-state index contributed by atoms with van der Waals surface area (Å²) in [5.74, 6) is -1.96. The molecular formula is C30H33F2N5O5. The highest BCUT2D eigenvalue weighted by molar-refractivity contribution is 5.91. The van der Waals surface area contributed by atoms with Crippen LogP contribution >= 0.6 is 0 Å². The van der Waals surface area contributed by atoms with E-state index in [1.54, 1.807) is 36.8 Å². The summed E-state index contributed by atoms with van der Waals surface area (Å²) in [4.78, 5) is 56.0. The lowest BCUT2D eigenvalue weighted by molar-refractivity contribution is -0.133. The van der Waals surface area contributed by atoms with Crippen LogP contribution in [0.2, 0.25) is 0 Å². The molecule has 1 fully saturated rings. The molecule has 0 saturated carbocycles. The Balaban J connectivity index is 1.30. The molecule has 12 heteroatoms. The summed E-state index contributed by atoms with van der Waals surface area (Å²) >= 11 is 0. The summed E-state index contributed by atoms with van der Waals surface area (Å²) in [7, 11) is 1.60. The average Bonchev–Trinajstić information content (AvgIpc) is 3.13. The smallest absolute Gasteiger partial charge is 0.331 e. The fourth-order valence-electron chi connectivity index (χ4n) is 5.66. The van der Waals surface area contributed by atoms with E-state index in [1.807, 2.05) is 12.1 Å². The molecule has 0 spiro atoms. The zero-order valence-electron chi connectivity index (χ0n) is 23.7. The first-order valence-corrected chi connectivity index (χ1v) is 13.9. The molecule has 1 saturated heterocycles. The van der Waals surface area contributed by atoms with E-state index in [-0.39, 0.29) is 35.7 Å². The van der Waals surface area contributed by atoms with Gasteiger partial charge in [0, 0.05) is 49.2 Å². The number of hydrogen-bond donors (Lipinski definition) is 1. The van der Waals surface area contributed by atoms with Crippen molar-refractivity contribution in [3.63, 3.8) is 0 Å². The van der Waals surface area contributed by atoms with Gasteiger partial charge in [0.1, 0.15) is 12.3 Å². The minimum atomic E-state index is -1.21. The van der Waals surface area contributed by atoms with Crippen LogP contribution in [0.25, 0.3) is 11.1 Å². The number of carbonyl (C=O) groups is 2. The number of carbonyl (C=O) groups excluding carboxylic acids is 2. The first kappa shape index (κ1) is 29.0. The Labute approximate surface area is 241 Å². The summed E-state index contributed by atoms with van der Waals surface area (Å²) in [6, 6.07) is 8.18. The number of aromatic nitrogens is 2. The zero-order chi connectivity index (χ0) is 30.1. The van der Waals surface area contributed by atoms with Crippen molar-refractivity contribution in [3.05, 3.63) is 80.6 Å². The molecule has 0 bridgehead atoms. The fraction of sp³-hybridized carbons (Fsp3) is 0.400. The molecule has 1 aromatic heterocycles. The molecule has 1 N–H and O–H groups in total. The maximum Gasteiger partial charge on any atom is 0.331 e. The molecule has 2 aliphatic heterocycles. The normalized spacial score (nSPS) is 15.8. The molecule has 0 radical (unpaired) electrons. The van der Waals surface area contributed by atoms with Gasteiger partial charge >= 0.3 is 11.7 Å². The van der Waals surface area contributed by atoms with E-state index in [1.165, 1.54) is 12.1 Å². The Kier molecular flexibility index (Phi) is 8.15. The van der Waals surface area contributed by atoms with Gasteiger partial charge in [-0.1, -0.05) is 12.1 Å². The topological polar surface area (TPSA) is 106 Å². The van der Waals surface area contributed by atoms with Crippen LogP contribution in [0.1, 0.15) is 38.3 Å². The maximum atomic E-state index is 14.6. The minimum absolute atomic E-state index is 0.0709. The van der Waals surface area contributed by atoms with E-state index in [9.17, 15) is 28.0 Å². The quantitative estimate of drug-likeness (QED) is 0.479. The highest BCUT2D eigenvalue weighted by Crippen LogP contribution is 2.28. The van der Waals surface area contributed by atoms with Gasteiger partial charge in [0.15, 0.2) is 11.6 Å². The number of rotatable bonds is 6. The molecule has 5 rings (SSSR count). The number of methoxy groups -OCH3 is 1. The molecule has 0 atom stereocenters. The Bertz CT molecular complexity index is 1640. The predicted molar refractivity (Wildman–Crippen MR) is 153 cm³/mol. The van der Waals surface area contributed by atoms with Crippen LogP contribution < -0.4 is 21.3 Å². The molecule has 2 aromatic carbocycles. The summed E-state index contributed by atoms with van der Waals surface area (Å²) in [6.07, 6.45) is 2.89. The van der Waals surface area contributed by atoms with Gasteiger partial charge in [-0.25, -0.2) is 18.4 Å². The lowest BCUT2D eigenvalue weighted by atomic mass is 10.0. The first-order chi connectivity index (χ1) is 20.1. The van der Waals surface area contributed by atoms with Crippen molar-refractivity contribution in [2.45, 2.75) is 51.7 Å². The van der Waals surface area contributed by atoms with Crippen LogP contribution in [0, 0.1) is 11.6 Å². The van der Waals surface area contributed by atoms with E-state index in [2.05, 4.69) is 5.32 Å². The van der Waals surface area contributed by atoms with E-state index >= 15 is 0 Å². The Morgan fingerprint density at radius 1 is 1.05 bits per heavy atom. The molecule has 0 unspecified atom stereocenters. The van der Waals surface area contributed by atoms with Gasteiger partial charge in [-0.3, -0.25) is 18.7 Å². The highest BCUT2D eigenvalue weighted by Gasteiger charge is 2.32. The van der Waals surface area contributed by atoms with Crippen molar-refractivity contribution >= 4 is 17.6 Å². The number of halogens is 2. The maximum absolute atomic E-state index is 14.6. The third-order valence-electron chi connectivity index (χ3n) is 7.94. The van der Waals surface area contributed by atoms with Crippen molar-refractivity contribution < 1.29 is 23.1 Å². The third kappa shape index (κ3) is 5.53. The van der Waals surface area contributed by atoms with Gasteiger partial charge < -0.3 is 19.9 Å². The second kappa shape index (κ2) is 11.8. The zero-order valence-corrected chi connectivity index (χ0v) is 23.7. The van der Waals surface area contributed by atoms with E-state index < -0.39 is 28.9 Å².